The Morgan fingerprint density at radius 3 is 2.54 bits per heavy atom. The van der Waals surface area contributed by atoms with Gasteiger partial charge in [0.25, 0.3) is 11.8 Å². The summed E-state index contributed by atoms with van der Waals surface area (Å²) in [6.07, 6.45) is 4.79. The Balaban J connectivity index is 1.47. The lowest BCUT2D eigenvalue weighted by Crippen LogP contribution is -2.47. The Bertz CT molecular complexity index is 1300. The van der Waals surface area contributed by atoms with Crippen LogP contribution in [0.3, 0.4) is 0 Å². The van der Waals surface area contributed by atoms with Crippen molar-refractivity contribution in [2.45, 2.75) is 19.9 Å². The number of amides is 2. The molecule has 1 aromatic carbocycles. The molecular formula is C25H28N8O2. The fourth-order valence-electron chi connectivity index (χ4n) is 3.76. The van der Waals surface area contributed by atoms with Gasteiger partial charge in [-0.2, -0.15) is 5.26 Å². The molecule has 1 aliphatic rings. The van der Waals surface area contributed by atoms with E-state index in [0.29, 0.717) is 35.6 Å². The molecule has 180 valence electrons. The van der Waals surface area contributed by atoms with Crippen molar-refractivity contribution in [3.8, 4) is 6.07 Å². The first kappa shape index (κ1) is 23.9. The van der Waals surface area contributed by atoms with Crippen LogP contribution in [0.15, 0.2) is 42.2 Å². The highest BCUT2D eigenvalue weighted by Gasteiger charge is 2.22. The zero-order valence-electron chi connectivity index (χ0n) is 20.0. The lowest BCUT2D eigenvalue weighted by atomic mass is 10.1. The first-order valence-electron chi connectivity index (χ1n) is 11.5. The number of hydrogen-bond acceptors (Lipinski definition) is 7. The second-order valence-corrected chi connectivity index (χ2v) is 8.80. The number of anilines is 2. The summed E-state index contributed by atoms with van der Waals surface area (Å²) < 4.78 is 0. The van der Waals surface area contributed by atoms with Gasteiger partial charge in [0.1, 0.15) is 23.0 Å². The van der Waals surface area contributed by atoms with Crippen molar-refractivity contribution < 1.29 is 9.59 Å². The van der Waals surface area contributed by atoms with E-state index in [1.807, 2.05) is 51.2 Å². The number of piperazine rings is 1. The number of fused-ring (bicyclic) bond motifs is 1. The maximum Gasteiger partial charge on any atom is 0.264 e. The van der Waals surface area contributed by atoms with Crippen LogP contribution in [0.25, 0.3) is 17.2 Å². The van der Waals surface area contributed by atoms with E-state index in [-0.39, 0.29) is 23.4 Å². The molecule has 3 heterocycles. The summed E-state index contributed by atoms with van der Waals surface area (Å²) in [5.41, 5.74) is 3.05. The Morgan fingerprint density at radius 1 is 1.17 bits per heavy atom. The van der Waals surface area contributed by atoms with E-state index >= 15 is 0 Å². The van der Waals surface area contributed by atoms with Gasteiger partial charge in [-0.3, -0.25) is 9.59 Å². The molecule has 0 unspecified atom stereocenters. The molecular weight excluding hydrogens is 444 g/mol. The van der Waals surface area contributed by atoms with E-state index in [1.165, 1.54) is 0 Å². The topological polar surface area (TPSA) is 130 Å². The lowest BCUT2D eigenvalue weighted by molar-refractivity contribution is -0.128. The molecule has 0 saturated carbocycles. The number of aromatic amines is 1. The van der Waals surface area contributed by atoms with Gasteiger partial charge in [-0.15, -0.1) is 0 Å². The number of likely N-dealkylation sites (N-methyl/N-ethyl adjacent to an activating group) is 1. The maximum absolute atomic E-state index is 12.7. The zero-order chi connectivity index (χ0) is 24.9. The van der Waals surface area contributed by atoms with Crippen LogP contribution in [-0.4, -0.2) is 75.8 Å². The predicted octanol–water partition coefficient (Wildman–Crippen LogP) is 2.52. The first-order chi connectivity index (χ1) is 16.8. The highest BCUT2D eigenvalue weighted by molar-refractivity contribution is 6.05. The van der Waals surface area contributed by atoms with Gasteiger partial charge in [0.05, 0.1) is 11.8 Å². The van der Waals surface area contributed by atoms with E-state index < -0.39 is 0 Å². The number of hydrogen-bond donors (Lipinski definition) is 3. The van der Waals surface area contributed by atoms with Crippen molar-refractivity contribution in [1.82, 2.24) is 30.1 Å². The molecule has 0 spiro atoms. The zero-order valence-corrected chi connectivity index (χ0v) is 20.0. The molecule has 1 aliphatic heterocycles. The Labute approximate surface area is 203 Å². The minimum absolute atomic E-state index is 0.00711. The third kappa shape index (κ3) is 5.65. The average Bonchev–Trinajstić information content (AvgIpc) is 3.27. The minimum Gasteiger partial charge on any atom is -0.350 e. The van der Waals surface area contributed by atoms with Gasteiger partial charge in [0, 0.05) is 44.1 Å². The first-order valence-corrected chi connectivity index (χ1v) is 11.5. The minimum atomic E-state index is -0.241. The number of aromatic nitrogens is 3. The van der Waals surface area contributed by atoms with E-state index in [0.717, 1.165) is 24.3 Å². The number of benzene rings is 1. The third-order valence-electron chi connectivity index (χ3n) is 5.68. The molecule has 0 bridgehead atoms. The lowest BCUT2D eigenvalue weighted by Gasteiger charge is -2.32. The van der Waals surface area contributed by atoms with Crippen LogP contribution in [0, 0.1) is 11.3 Å². The smallest absolute Gasteiger partial charge is 0.264 e. The number of nitrogens with zero attached hydrogens (tertiary/aromatic N) is 5. The van der Waals surface area contributed by atoms with Crippen molar-refractivity contribution in [2.24, 2.45) is 0 Å². The average molecular weight is 473 g/mol. The van der Waals surface area contributed by atoms with Crippen LogP contribution in [0.1, 0.15) is 29.8 Å². The summed E-state index contributed by atoms with van der Waals surface area (Å²) >= 11 is 0. The molecule has 10 nitrogen and oxygen atoms in total. The predicted molar refractivity (Wildman–Crippen MR) is 134 cm³/mol. The highest BCUT2D eigenvalue weighted by Crippen LogP contribution is 2.21. The van der Waals surface area contributed by atoms with Gasteiger partial charge >= 0.3 is 0 Å². The summed E-state index contributed by atoms with van der Waals surface area (Å²) in [6, 6.07) is 9.35. The molecule has 4 rings (SSSR count). The number of carbonyl (C=O) groups excluding carboxylic acids is 2. The van der Waals surface area contributed by atoms with E-state index in [1.54, 1.807) is 23.4 Å². The van der Waals surface area contributed by atoms with Gasteiger partial charge in [-0.1, -0.05) is 12.1 Å². The van der Waals surface area contributed by atoms with E-state index in [4.69, 9.17) is 0 Å². The normalized spacial score (nSPS) is 14.7. The van der Waals surface area contributed by atoms with Crippen molar-refractivity contribution >= 4 is 40.6 Å². The SMILES string of the molecule is CC(C)NC(=O)c1c[nH]c2ncc(Nc3ccc(C=C(C#N)C(=O)N4CCN(C)CC4)cc3)nc12. The molecule has 3 N–H and O–H groups in total. The van der Waals surface area contributed by atoms with Crippen LogP contribution >= 0.6 is 0 Å². The summed E-state index contributed by atoms with van der Waals surface area (Å²) in [4.78, 5) is 40.9. The van der Waals surface area contributed by atoms with Crippen LogP contribution < -0.4 is 10.6 Å². The Hall–Kier alpha value is -4.23. The molecule has 3 aromatic rings. The summed E-state index contributed by atoms with van der Waals surface area (Å²) in [7, 11) is 2.02. The number of H-pyrrole nitrogens is 1. The van der Waals surface area contributed by atoms with Gasteiger partial charge in [-0.05, 0) is 44.7 Å². The van der Waals surface area contributed by atoms with Gasteiger partial charge < -0.3 is 25.4 Å². The standard InChI is InChI=1S/C25H28N8O2/c1-16(2)29-24(34)20-14-27-23-22(20)31-21(15-28-23)30-19-6-4-17(5-7-19)12-18(13-26)25(35)33-10-8-32(3)9-11-33/h4-7,12,14-16H,8-11H2,1-3H3,(H,27,28)(H,29,34)(H,30,31). The van der Waals surface area contributed by atoms with Crippen molar-refractivity contribution in [3.63, 3.8) is 0 Å². The summed E-state index contributed by atoms with van der Waals surface area (Å²) in [6.45, 7) is 6.62. The second kappa shape index (κ2) is 10.4. The molecule has 2 aromatic heterocycles. The quantitative estimate of drug-likeness (QED) is 0.371. The van der Waals surface area contributed by atoms with E-state index in [9.17, 15) is 14.9 Å². The van der Waals surface area contributed by atoms with Gasteiger partial charge in [-0.25, -0.2) is 9.97 Å². The van der Waals surface area contributed by atoms with Gasteiger partial charge in [0.2, 0.25) is 0 Å². The molecule has 0 atom stereocenters. The third-order valence-corrected chi connectivity index (χ3v) is 5.68. The van der Waals surface area contributed by atoms with Gasteiger partial charge in [0.15, 0.2) is 5.65 Å². The molecule has 2 amide bonds. The molecule has 35 heavy (non-hydrogen) atoms. The number of carbonyl (C=O) groups is 2. The monoisotopic (exact) mass is 472 g/mol. The Kier molecular flexibility index (Phi) is 7.08. The highest BCUT2D eigenvalue weighted by atomic mass is 16.2. The van der Waals surface area contributed by atoms with Crippen LogP contribution in [-0.2, 0) is 4.79 Å². The summed E-state index contributed by atoms with van der Waals surface area (Å²) in [5.74, 6) is 0.0328. The molecule has 1 saturated heterocycles. The van der Waals surface area contributed by atoms with Crippen molar-refractivity contribution in [3.05, 3.63) is 53.4 Å². The largest absolute Gasteiger partial charge is 0.350 e. The fraction of sp³-hybridized carbons (Fsp3) is 0.320. The van der Waals surface area contributed by atoms with E-state index in [2.05, 4.69) is 30.5 Å². The maximum atomic E-state index is 12.7. The second-order valence-electron chi connectivity index (χ2n) is 8.80. The Morgan fingerprint density at radius 2 is 1.89 bits per heavy atom. The van der Waals surface area contributed by atoms with Crippen LogP contribution in [0.4, 0.5) is 11.5 Å². The number of rotatable bonds is 6. The number of nitrogens with one attached hydrogen (secondary N) is 3. The van der Waals surface area contributed by atoms with Crippen molar-refractivity contribution in [1.29, 1.82) is 5.26 Å². The molecule has 10 heteroatoms. The van der Waals surface area contributed by atoms with Crippen LogP contribution in [0.5, 0.6) is 0 Å². The van der Waals surface area contributed by atoms with Crippen LogP contribution in [0.2, 0.25) is 0 Å². The molecule has 0 radical (unpaired) electrons. The van der Waals surface area contributed by atoms with Crippen molar-refractivity contribution in [2.75, 3.05) is 38.5 Å². The number of nitriles is 1. The molecule has 0 aliphatic carbocycles. The fourth-order valence-corrected chi connectivity index (χ4v) is 3.76. The molecule has 1 fully saturated rings. The summed E-state index contributed by atoms with van der Waals surface area (Å²) in [5, 5.41) is 15.6.